The Kier molecular flexibility index (Phi) is 5.46. The lowest BCUT2D eigenvalue weighted by Crippen LogP contribution is -2.34. The van der Waals surface area contributed by atoms with Gasteiger partial charge < -0.3 is 14.6 Å². The molecule has 1 heterocycles. The van der Waals surface area contributed by atoms with Gasteiger partial charge in [-0.15, -0.1) is 0 Å². The maximum absolute atomic E-state index is 9.49. The van der Waals surface area contributed by atoms with E-state index in [1.807, 2.05) is 6.08 Å². The summed E-state index contributed by atoms with van der Waals surface area (Å²) < 4.78 is 11.1. The lowest BCUT2D eigenvalue weighted by atomic mass is 10.1. The molecular formula is C13H20O3. The van der Waals surface area contributed by atoms with Gasteiger partial charge in [0.15, 0.2) is 0 Å². The Hall–Kier alpha value is -0.900. The first-order chi connectivity index (χ1) is 7.69. The van der Waals surface area contributed by atoms with Crippen molar-refractivity contribution in [3.63, 3.8) is 0 Å². The topological polar surface area (TPSA) is 38.7 Å². The van der Waals surface area contributed by atoms with Gasteiger partial charge in [-0.1, -0.05) is 31.4 Å². The second-order valence-electron chi connectivity index (χ2n) is 3.90. The van der Waals surface area contributed by atoms with E-state index in [-0.39, 0.29) is 12.2 Å². The fourth-order valence-electron chi connectivity index (χ4n) is 1.75. The summed E-state index contributed by atoms with van der Waals surface area (Å²) in [6.45, 7) is 10.2. The second kappa shape index (κ2) is 6.63. The highest BCUT2D eigenvalue weighted by molar-refractivity contribution is 5.21. The molecule has 1 saturated heterocycles. The summed E-state index contributed by atoms with van der Waals surface area (Å²) in [5.74, 6) is 0. The number of allylic oxidation sites excluding steroid dienone is 2. The zero-order chi connectivity index (χ0) is 12.0. The van der Waals surface area contributed by atoms with E-state index in [0.29, 0.717) is 13.2 Å². The quantitative estimate of drug-likeness (QED) is 0.700. The van der Waals surface area contributed by atoms with Gasteiger partial charge in [-0.25, -0.2) is 0 Å². The summed E-state index contributed by atoms with van der Waals surface area (Å²) in [6, 6.07) is 0. The fourth-order valence-corrected chi connectivity index (χ4v) is 1.75. The molecule has 1 aliphatic heterocycles. The third kappa shape index (κ3) is 3.59. The van der Waals surface area contributed by atoms with Gasteiger partial charge in [0, 0.05) is 6.61 Å². The number of aliphatic hydroxyl groups excluding tert-OH is 1. The van der Waals surface area contributed by atoms with Crippen LogP contribution in [0.2, 0.25) is 0 Å². The first kappa shape index (κ1) is 13.2. The minimum Gasteiger partial charge on any atom is -0.391 e. The third-order valence-electron chi connectivity index (χ3n) is 2.61. The molecule has 3 unspecified atom stereocenters. The molecular weight excluding hydrogens is 204 g/mol. The van der Waals surface area contributed by atoms with Gasteiger partial charge >= 0.3 is 0 Å². The Morgan fingerprint density at radius 3 is 2.94 bits per heavy atom. The predicted molar refractivity (Wildman–Crippen MR) is 64.3 cm³/mol. The molecule has 0 bridgehead atoms. The van der Waals surface area contributed by atoms with E-state index in [2.05, 4.69) is 13.2 Å². The van der Waals surface area contributed by atoms with Crippen molar-refractivity contribution in [3.8, 4) is 0 Å². The van der Waals surface area contributed by atoms with Crippen molar-refractivity contribution in [1.82, 2.24) is 0 Å². The summed E-state index contributed by atoms with van der Waals surface area (Å²) in [5.41, 5.74) is 0.978. The highest BCUT2D eigenvalue weighted by Crippen LogP contribution is 2.20. The molecule has 0 aromatic heterocycles. The van der Waals surface area contributed by atoms with Gasteiger partial charge in [0.2, 0.25) is 0 Å². The normalized spacial score (nSPS) is 27.8. The average Bonchev–Trinajstić information content (AvgIpc) is 2.72. The highest BCUT2D eigenvalue weighted by atomic mass is 16.6. The summed E-state index contributed by atoms with van der Waals surface area (Å²) in [5, 5.41) is 9.49. The van der Waals surface area contributed by atoms with Crippen molar-refractivity contribution in [2.24, 2.45) is 0 Å². The summed E-state index contributed by atoms with van der Waals surface area (Å²) in [7, 11) is 0. The summed E-state index contributed by atoms with van der Waals surface area (Å²) in [4.78, 5) is 0. The molecule has 16 heavy (non-hydrogen) atoms. The fraction of sp³-hybridized carbons (Fsp3) is 0.538. The zero-order valence-corrected chi connectivity index (χ0v) is 9.76. The van der Waals surface area contributed by atoms with Crippen LogP contribution in [0.4, 0.5) is 0 Å². The summed E-state index contributed by atoms with van der Waals surface area (Å²) >= 11 is 0. The Balaban J connectivity index is 2.45. The van der Waals surface area contributed by atoms with Crippen molar-refractivity contribution in [2.75, 3.05) is 13.2 Å². The molecule has 0 amide bonds. The molecule has 1 aliphatic rings. The van der Waals surface area contributed by atoms with Gasteiger partial charge in [0.25, 0.3) is 0 Å². The van der Waals surface area contributed by atoms with E-state index in [0.717, 1.165) is 12.0 Å². The van der Waals surface area contributed by atoms with Gasteiger partial charge in [0.1, 0.15) is 6.10 Å². The Morgan fingerprint density at radius 1 is 1.62 bits per heavy atom. The van der Waals surface area contributed by atoms with Crippen LogP contribution in [0.25, 0.3) is 0 Å². The third-order valence-corrected chi connectivity index (χ3v) is 2.61. The van der Waals surface area contributed by atoms with Crippen LogP contribution >= 0.6 is 0 Å². The number of hydrogen-bond donors (Lipinski definition) is 1. The van der Waals surface area contributed by atoms with Crippen LogP contribution in [0.5, 0.6) is 0 Å². The first-order valence-corrected chi connectivity index (χ1v) is 5.54. The van der Waals surface area contributed by atoms with Crippen LogP contribution in [0.15, 0.2) is 37.0 Å². The molecule has 0 saturated carbocycles. The first-order valence-electron chi connectivity index (χ1n) is 5.54. The maximum Gasteiger partial charge on any atom is 0.109 e. The lowest BCUT2D eigenvalue weighted by Gasteiger charge is -2.21. The molecule has 1 N–H and O–H groups in total. The van der Waals surface area contributed by atoms with Gasteiger partial charge in [-0.2, -0.15) is 0 Å². The number of rotatable bonds is 6. The van der Waals surface area contributed by atoms with Crippen LogP contribution < -0.4 is 0 Å². The number of ether oxygens (including phenoxy) is 2. The van der Waals surface area contributed by atoms with Gasteiger partial charge in [-0.05, 0) is 18.9 Å². The minimum absolute atomic E-state index is 0.0341. The number of hydrogen-bond acceptors (Lipinski definition) is 3. The monoisotopic (exact) mass is 224 g/mol. The van der Waals surface area contributed by atoms with E-state index < -0.39 is 6.10 Å². The molecule has 0 spiro atoms. The highest BCUT2D eigenvalue weighted by Gasteiger charge is 2.32. The molecule has 90 valence electrons. The predicted octanol–water partition coefficient (Wildman–Crippen LogP) is 1.84. The van der Waals surface area contributed by atoms with Gasteiger partial charge in [-0.3, -0.25) is 0 Å². The molecule has 3 atom stereocenters. The molecule has 0 radical (unpaired) electrons. The Morgan fingerprint density at radius 2 is 2.38 bits per heavy atom. The molecule has 3 heteroatoms. The van der Waals surface area contributed by atoms with Crippen molar-refractivity contribution >= 4 is 0 Å². The standard InChI is InChI=1S/C13H20O3/c1-4-6-11(5-2)9-16-12-7-8-15-13(12)10(3)14/h4-6,10,12-14H,1-2,7-9H2,3H3/b11-6+. The molecule has 3 nitrogen and oxygen atoms in total. The van der Waals surface area contributed by atoms with E-state index in [9.17, 15) is 5.11 Å². The molecule has 0 aromatic rings. The van der Waals surface area contributed by atoms with Crippen LogP contribution in [0, 0.1) is 0 Å². The smallest absolute Gasteiger partial charge is 0.109 e. The Bertz CT molecular complexity index is 268. The zero-order valence-electron chi connectivity index (χ0n) is 9.76. The molecule has 1 rings (SSSR count). The minimum atomic E-state index is -0.497. The largest absolute Gasteiger partial charge is 0.391 e. The van der Waals surface area contributed by atoms with Crippen molar-refractivity contribution in [2.45, 2.75) is 31.7 Å². The molecule has 1 fully saturated rings. The maximum atomic E-state index is 9.49. The number of aliphatic hydroxyl groups is 1. The van der Waals surface area contributed by atoms with Crippen LogP contribution in [-0.4, -0.2) is 36.6 Å². The van der Waals surface area contributed by atoms with Gasteiger partial charge in [0.05, 0.1) is 18.8 Å². The van der Waals surface area contributed by atoms with Crippen LogP contribution in [-0.2, 0) is 9.47 Å². The van der Waals surface area contributed by atoms with E-state index in [4.69, 9.17) is 9.47 Å². The van der Waals surface area contributed by atoms with Crippen molar-refractivity contribution in [3.05, 3.63) is 37.0 Å². The lowest BCUT2D eigenvalue weighted by molar-refractivity contribution is -0.0587. The van der Waals surface area contributed by atoms with Crippen LogP contribution in [0.3, 0.4) is 0 Å². The molecule has 0 aliphatic carbocycles. The average molecular weight is 224 g/mol. The second-order valence-corrected chi connectivity index (χ2v) is 3.90. The SMILES string of the molecule is C=C/C=C(\C=C)COC1CCOC1C(C)O. The molecule has 0 aromatic carbocycles. The van der Waals surface area contributed by atoms with Crippen molar-refractivity contribution < 1.29 is 14.6 Å². The van der Waals surface area contributed by atoms with E-state index >= 15 is 0 Å². The van der Waals surface area contributed by atoms with Crippen molar-refractivity contribution in [1.29, 1.82) is 0 Å². The van der Waals surface area contributed by atoms with E-state index in [1.165, 1.54) is 0 Å². The Labute approximate surface area is 97.1 Å². The van der Waals surface area contributed by atoms with Crippen LogP contribution in [0.1, 0.15) is 13.3 Å². The van der Waals surface area contributed by atoms with E-state index in [1.54, 1.807) is 19.1 Å². The summed E-state index contributed by atoms with van der Waals surface area (Å²) in [6.07, 6.45) is 5.40.